The standard InChI is InChI=1S/C21H20N2O4/c1-14-7-10-19(23(25)26)20(11-14)27-13-21(24)22-15(2)17-9-8-16-5-3-4-6-18(16)12-17/h3-12,15H,13H2,1-2H3,(H,22,24). The Labute approximate surface area is 156 Å². The van der Waals surface area contributed by atoms with Crippen LogP contribution in [0.1, 0.15) is 24.1 Å². The molecule has 0 aromatic heterocycles. The maximum absolute atomic E-state index is 12.2. The number of carbonyl (C=O) groups excluding carboxylic acids is 1. The second-order valence-electron chi connectivity index (χ2n) is 6.41. The number of rotatable bonds is 6. The fourth-order valence-electron chi connectivity index (χ4n) is 2.87. The molecule has 0 saturated carbocycles. The number of aryl methyl sites for hydroxylation is 1. The third-order valence-electron chi connectivity index (χ3n) is 4.32. The summed E-state index contributed by atoms with van der Waals surface area (Å²) in [5.74, 6) is -0.250. The quantitative estimate of drug-likeness (QED) is 0.522. The molecule has 0 saturated heterocycles. The van der Waals surface area contributed by atoms with Crippen LogP contribution in [-0.2, 0) is 4.79 Å². The molecule has 1 unspecified atom stereocenters. The molecular weight excluding hydrogens is 344 g/mol. The van der Waals surface area contributed by atoms with E-state index in [1.165, 1.54) is 6.07 Å². The Morgan fingerprint density at radius 2 is 1.85 bits per heavy atom. The molecule has 138 valence electrons. The summed E-state index contributed by atoms with van der Waals surface area (Å²) >= 11 is 0. The third kappa shape index (κ3) is 4.41. The van der Waals surface area contributed by atoms with Crippen LogP contribution in [0.25, 0.3) is 10.8 Å². The predicted octanol–water partition coefficient (Wildman–Crippen LogP) is 4.31. The van der Waals surface area contributed by atoms with Gasteiger partial charge in [0.1, 0.15) is 0 Å². The third-order valence-corrected chi connectivity index (χ3v) is 4.32. The molecule has 3 rings (SSSR count). The average molecular weight is 364 g/mol. The lowest BCUT2D eigenvalue weighted by Crippen LogP contribution is -2.31. The number of carbonyl (C=O) groups is 1. The van der Waals surface area contributed by atoms with Crippen molar-refractivity contribution in [2.45, 2.75) is 19.9 Å². The SMILES string of the molecule is Cc1ccc([N+](=O)[O-])c(OCC(=O)NC(C)c2ccc3ccccc3c2)c1. The molecule has 1 atom stereocenters. The normalized spacial score (nSPS) is 11.8. The lowest BCUT2D eigenvalue weighted by molar-refractivity contribution is -0.385. The molecule has 1 N–H and O–H groups in total. The Morgan fingerprint density at radius 1 is 1.11 bits per heavy atom. The van der Waals surface area contributed by atoms with Crippen LogP contribution < -0.4 is 10.1 Å². The number of fused-ring (bicyclic) bond motifs is 1. The number of nitrogens with zero attached hydrogens (tertiary/aromatic N) is 1. The molecule has 0 heterocycles. The largest absolute Gasteiger partial charge is 0.477 e. The summed E-state index contributed by atoms with van der Waals surface area (Å²) in [6.45, 7) is 3.40. The average Bonchev–Trinajstić information content (AvgIpc) is 2.65. The number of hydrogen-bond donors (Lipinski definition) is 1. The van der Waals surface area contributed by atoms with Gasteiger partial charge in [-0.3, -0.25) is 14.9 Å². The minimum Gasteiger partial charge on any atom is -0.477 e. The molecule has 27 heavy (non-hydrogen) atoms. The van der Waals surface area contributed by atoms with Gasteiger partial charge in [-0.25, -0.2) is 0 Å². The number of nitrogens with one attached hydrogen (secondary N) is 1. The van der Waals surface area contributed by atoms with E-state index in [1.807, 2.05) is 49.4 Å². The van der Waals surface area contributed by atoms with Gasteiger partial charge in [-0.2, -0.15) is 0 Å². The molecule has 1 amide bonds. The highest BCUT2D eigenvalue weighted by molar-refractivity contribution is 5.83. The Bertz CT molecular complexity index is 1000. The fourth-order valence-corrected chi connectivity index (χ4v) is 2.87. The topological polar surface area (TPSA) is 81.5 Å². The van der Waals surface area contributed by atoms with Crippen molar-refractivity contribution < 1.29 is 14.5 Å². The van der Waals surface area contributed by atoms with E-state index in [9.17, 15) is 14.9 Å². The van der Waals surface area contributed by atoms with Gasteiger partial charge in [0.25, 0.3) is 5.91 Å². The lowest BCUT2D eigenvalue weighted by Gasteiger charge is -2.15. The first-order chi connectivity index (χ1) is 12.9. The second-order valence-corrected chi connectivity index (χ2v) is 6.41. The Kier molecular flexibility index (Phi) is 5.35. The Balaban J connectivity index is 1.65. The van der Waals surface area contributed by atoms with E-state index in [-0.39, 0.29) is 30.0 Å². The number of nitro benzene ring substituents is 1. The fraction of sp³-hybridized carbons (Fsp3) is 0.190. The lowest BCUT2D eigenvalue weighted by atomic mass is 10.0. The molecule has 0 aliphatic heterocycles. The first-order valence-corrected chi connectivity index (χ1v) is 8.60. The van der Waals surface area contributed by atoms with Crippen LogP contribution in [0.3, 0.4) is 0 Å². The number of nitro groups is 1. The molecule has 0 fully saturated rings. The zero-order chi connectivity index (χ0) is 19.4. The van der Waals surface area contributed by atoms with Crippen LogP contribution in [-0.4, -0.2) is 17.4 Å². The van der Waals surface area contributed by atoms with Gasteiger partial charge in [0, 0.05) is 6.07 Å². The van der Waals surface area contributed by atoms with Gasteiger partial charge in [0.15, 0.2) is 12.4 Å². The van der Waals surface area contributed by atoms with Crippen LogP contribution in [0.2, 0.25) is 0 Å². The maximum Gasteiger partial charge on any atom is 0.310 e. The highest BCUT2D eigenvalue weighted by atomic mass is 16.6. The number of ether oxygens (including phenoxy) is 1. The van der Waals surface area contributed by atoms with Crippen LogP contribution in [0.4, 0.5) is 5.69 Å². The highest BCUT2D eigenvalue weighted by Crippen LogP contribution is 2.27. The zero-order valence-corrected chi connectivity index (χ0v) is 15.1. The van der Waals surface area contributed by atoms with E-state index < -0.39 is 4.92 Å². The van der Waals surface area contributed by atoms with E-state index in [4.69, 9.17) is 4.74 Å². The molecule has 6 heteroatoms. The maximum atomic E-state index is 12.2. The first-order valence-electron chi connectivity index (χ1n) is 8.60. The van der Waals surface area contributed by atoms with Crippen molar-refractivity contribution in [1.82, 2.24) is 5.32 Å². The number of amides is 1. The van der Waals surface area contributed by atoms with Crippen LogP contribution >= 0.6 is 0 Å². The number of benzene rings is 3. The van der Waals surface area contributed by atoms with E-state index in [2.05, 4.69) is 5.32 Å². The van der Waals surface area contributed by atoms with Gasteiger partial charge < -0.3 is 10.1 Å². The molecule has 0 bridgehead atoms. The summed E-state index contributed by atoms with van der Waals surface area (Å²) in [6.07, 6.45) is 0. The smallest absolute Gasteiger partial charge is 0.310 e. The van der Waals surface area contributed by atoms with Gasteiger partial charge in [-0.15, -0.1) is 0 Å². The zero-order valence-electron chi connectivity index (χ0n) is 15.1. The van der Waals surface area contributed by atoms with E-state index in [0.717, 1.165) is 21.9 Å². The number of hydrogen-bond acceptors (Lipinski definition) is 4. The highest BCUT2D eigenvalue weighted by Gasteiger charge is 2.17. The van der Waals surface area contributed by atoms with Crippen molar-refractivity contribution in [3.05, 3.63) is 81.9 Å². The van der Waals surface area contributed by atoms with Gasteiger partial charge in [0.2, 0.25) is 0 Å². The van der Waals surface area contributed by atoms with E-state index >= 15 is 0 Å². The van der Waals surface area contributed by atoms with Crippen molar-refractivity contribution in [1.29, 1.82) is 0 Å². The molecule has 0 aliphatic carbocycles. The minimum absolute atomic E-state index is 0.0912. The monoisotopic (exact) mass is 364 g/mol. The molecule has 0 radical (unpaired) electrons. The Hall–Kier alpha value is -3.41. The molecule has 3 aromatic rings. The summed E-state index contributed by atoms with van der Waals surface area (Å²) in [5.41, 5.74) is 1.64. The van der Waals surface area contributed by atoms with Crippen molar-refractivity contribution in [3.8, 4) is 5.75 Å². The summed E-state index contributed by atoms with van der Waals surface area (Å²) in [4.78, 5) is 22.8. The van der Waals surface area contributed by atoms with Crippen LogP contribution in [0.15, 0.2) is 60.7 Å². The first kappa shape index (κ1) is 18.4. The van der Waals surface area contributed by atoms with Gasteiger partial charge in [-0.05, 0) is 47.9 Å². The second kappa shape index (κ2) is 7.86. The van der Waals surface area contributed by atoms with Crippen LogP contribution in [0.5, 0.6) is 5.75 Å². The van der Waals surface area contributed by atoms with E-state index in [1.54, 1.807) is 19.1 Å². The van der Waals surface area contributed by atoms with Gasteiger partial charge in [0.05, 0.1) is 11.0 Å². The summed E-state index contributed by atoms with van der Waals surface area (Å²) in [7, 11) is 0. The molecule has 6 nitrogen and oxygen atoms in total. The summed E-state index contributed by atoms with van der Waals surface area (Å²) in [6, 6.07) is 18.4. The molecular formula is C21H20N2O4. The Morgan fingerprint density at radius 3 is 2.59 bits per heavy atom. The van der Waals surface area contributed by atoms with Gasteiger partial charge in [-0.1, -0.05) is 42.5 Å². The van der Waals surface area contributed by atoms with E-state index in [0.29, 0.717) is 0 Å². The molecule has 0 spiro atoms. The van der Waals surface area contributed by atoms with Crippen molar-refractivity contribution >= 4 is 22.4 Å². The van der Waals surface area contributed by atoms with Crippen LogP contribution in [0, 0.1) is 17.0 Å². The molecule has 0 aliphatic rings. The van der Waals surface area contributed by atoms with Crippen molar-refractivity contribution in [3.63, 3.8) is 0 Å². The predicted molar refractivity (Wildman–Crippen MR) is 104 cm³/mol. The van der Waals surface area contributed by atoms with Crippen molar-refractivity contribution in [2.24, 2.45) is 0 Å². The minimum atomic E-state index is -0.523. The summed E-state index contributed by atoms with van der Waals surface area (Å²) in [5, 5.41) is 16.2. The molecule has 3 aromatic carbocycles. The van der Waals surface area contributed by atoms with Crippen molar-refractivity contribution in [2.75, 3.05) is 6.61 Å². The van der Waals surface area contributed by atoms with Gasteiger partial charge >= 0.3 is 5.69 Å². The summed E-state index contributed by atoms with van der Waals surface area (Å²) < 4.78 is 5.39.